The molecule has 0 radical (unpaired) electrons. The van der Waals surface area contributed by atoms with Gasteiger partial charge in [0.1, 0.15) is 0 Å². The van der Waals surface area contributed by atoms with E-state index in [2.05, 4.69) is 22.0 Å². The molecule has 2 rings (SSSR count). The summed E-state index contributed by atoms with van der Waals surface area (Å²) in [6, 6.07) is 0. The molecule has 14 heavy (non-hydrogen) atoms. The van der Waals surface area contributed by atoms with Crippen molar-refractivity contribution in [3.05, 3.63) is 0 Å². The highest BCUT2D eigenvalue weighted by Gasteiger charge is 2.16. The predicted octanol–water partition coefficient (Wildman–Crippen LogP) is 0.414. The summed E-state index contributed by atoms with van der Waals surface area (Å²) in [5.41, 5.74) is 0. The number of thioether (sulfide) groups is 1. The van der Waals surface area contributed by atoms with Crippen LogP contribution in [0.2, 0.25) is 0 Å². The maximum Gasteiger partial charge on any atom is 0.0712 e. The zero-order valence-electron chi connectivity index (χ0n) is 8.71. The van der Waals surface area contributed by atoms with Crippen molar-refractivity contribution in [1.82, 2.24) is 10.2 Å². The fraction of sp³-hybridized carbons (Fsp3) is 1.00. The SMILES string of the molecule is C1COC(CCN2CCSCC2)CN1. The minimum atomic E-state index is 0.457. The van der Waals surface area contributed by atoms with Crippen LogP contribution in [0.5, 0.6) is 0 Å². The molecule has 1 atom stereocenters. The van der Waals surface area contributed by atoms with E-state index >= 15 is 0 Å². The van der Waals surface area contributed by atoms with Crippen molar-refractivity contribution in [2.45, 2.75) is 12.5 Å². The molecule has 0 saturated carbocycles. The van der Waals surface area contributed by atoms with Gasteiger partial charge in [-0.15, -0.1) is 0 Å². The molecule has 1 N–H and O–H groups in total. The van der Waals surface area contributed by atoms with Crippen LogP contribution in [0.1, 0.15) is 6.42 Å². The van der Waals surface area contributed by atoms with Gasteiger partial charge in [0.15, 0.2) is 0 Å². The third kappa shape index (κ3) is 3.42. The van der Waals surface area contributed by atoms with E-state index < -0.39 is 0 Å². The minimum Gasteiger partial charge on any atom is -0.376 e. The van der Waals surface area contributed by atoms with Crippen LogP contribution in [0, 0.1) is 0 Å². The van der Waals surface area contributed by atoms with Gasteiger partial charge in [0.25, 0.3) is 0 Å². The Morgan fingerprint density at radius 1 is 1.36 bits per heavy atom. The first-order chi connectivity index (χ1) is 6.95. The fourth-order valence-corrected chi connectivity index (χ4v) is 2.94. The van der Waals surface area contributed by atoms with E-state index in [1.807, 2.05) is 0 Å². The molecule has 1 unspecified atom stereocenters. The standard InChI is InChI=1S/C10H20N2OS/c1(10-9-11-2-6-13-10)3-12-4-7-14-8-5-12/h10-11H,1-9H2. The molecule has 82 valence electrons. The second kappa shape index (κ2) is 5.95. The van der Waals surface area contributed by atoms with E-state index in [9.17, 15) is 0 Å². The summed E-state index contributed by atoms with van der Waals surface area (Å²) in [4.78, 5) is 2.56. The van der Waals surface area contributed by atoms with Crippen LogP contribution < -0.4 is 5.32 Å². The molecule has 0 aromatic rings. The average Bonchev–Trinajstić information content (AvgIpc) is 2.29. The zero-order chi connectivity index (χ0) is 9.64. The highest BCUT2D eigenvalue weighted by Crippen LogP contribution is 2.10. The lowest BCUT2D eigenvalue weighted by molar-refractivity contribution is 0.0179. The van der Waals surface area contributed by atoms with E-state index in [-0.39, 0.29) is 0 Å². The van der Waals surface area contributed by atoms with Crippen molar-refractivity contribution >= 4 is 11.8 Å². The lowest BCUT2D eigenvalue weighted by atomic mass is 10.2. The number of morpholine rings is 1. The zero-order valence-corrected chi connectivity index (χ0v) is 9.52. The van der Waals surface area contributed by atoms with Crippen molar-refractivity contribution in [2.24, 2.45) is 0 Å². The molecule has 0 aromatic carbocycles. The molecule has 2 aliphatic heterocycles. The maximum absolute atomic E-state index is 5.67. The highest BCUT2D eigenvalue weighted by molar-refractivity contribution is 7.99. The van der Waals surface area contributed by atoms with E-state index in [1.54, 1.807) is 0 Å². The van der Waals surface area contributed by atoms with Crippen LogP contribution in [0.25, 0.3) is 0 Å². The van der Waals surface area contributed by atoms with Crippen LogP contribution in [0.3, 0.4) is 0 Å². The molecule has 0 aliphatic carbocycles. The normalized spacial score (nSPS) is 30.4. The molecule has 2 fully saturated rings. The van der Waals surface area contributed by atoms with Crippen LogP contribution in [-0.2, 0) is 4.74 Å². The molecule has 0 spiro atoms. The maximum atomic E-state index is 5.67. The number of nitrogens with zero attached hydrogens (tertiary/aromatic N) is 1. The number of hydrogen-bond donors (Lipinski definition) is 1. The van der Waals surface area contributed by atoms with Crippen LogP contribution in [-0.4, -0.2) is 61.8 Å². The number of hydrogen-bond acceptors (Lipinski definition) is 4. The van der Waals surface area contributed by atoms with E-state index in [4.69, 9.17) is 4.74 Å². The van der Waals surface area contributed by atoms with Gasteiger partial charge in [0.05, 0.1) is 12.7 Å². The Hall–Kier alpha value is 0.230. The van der Waals surface area contributed by atoms with Crippen molar-refractivity contribution in [2.75, 3.05) is 50.8 Å². The third-order valence-electron chi connectivity index (χ3n) is 2.88. The number of ether oxygens (including phenoxy) is 1. The van der Waals surface area contributed by atoms with E-state index in [0.717, 1.165) is 19.7 Å². The first-order valence-corrected chi connectivity index (χ1v) is 6.73. The molecule has 2 saturated heterocycles. The smallest absolute Gasteiger partial charge is 0.0712 e. The van der Waals surface area contributed by atoms with Gasteiger partial charge in [0, 0.05) is 44.2 Å². The highest BCUT2D eigenvalue weighted by atomic mass is 32.2. The number of nitrogens with one attached hydrogen (secondary N) is 1. The Bertz CT molecular complexity index is 138. The monoisotopic (exact) mass is 216 g/mol. The van der Waals surface area contributed by atoms with Gasteiger partial charge in [-0.05, 0) is 6.42 Å². The summed E-state index contributed by atoms with van der Waals surface area (Å²) in [5, 5.41) is 3.37. The Labute approximate surface area is 90.6 Å². The average molecular weight is 216 g/mol. The summed E-state index contributed by atoms with van der Waals surface area (Å²) in [7, 11) is 0. The van der Waals surface area contributed by atoms with Gasteiger partial charge in [-0.3, -0.25) is 0 Å². The summed E-state index contributed by atoms with van der Waals surface area (Å²) >= 11 is 2.07. The van der Waals surface area contributed by atoms with Gasteiger partial charge in [0.2, 0.25) is 0 Å². The Kier molecular flexibility index (Phi) is 4.57. The predicted molar refractivity (Wildman–Crippen MR) is 61.0 cm³/mol. The molecule has 3 nitrogen and oxygen atoms in total. The van der Waals surface area contributed by atoms with Crippen LogP contribution in [0.15, 0.2) is 0 Å². The first kappa shape index (κ1) is 10.7. The van der Waals surface area contributed by atoms with Gasteiger partial charge in [-0.2, -0.15) is 11.8 Å². The lowest BCUT2D eigenvalue weighted by Crippen LogP contribution is -2.41. The lowest BCUT2D eigenvalue weighted by Gasteiger charge is -2.29. The molecule has 2 aliphatic rings. The quantitative estimate of drug-likeness (QED) is 0.739. The second-order valence-corrected chi connectivity index (χ2v) is 5.16. The molecule has 4 heteroatoms. The summed E-state index contributed by atoms with van der Waals surface area (Å²) in [5.74, 6) is 2.62. The van der Waals surface area contributed by atoms with Gasteiger partial charge >= 0.3 is 0 Å². The van der Waals surface area contributed by atoms with Crippen molar-refractivity contribution in [1.29, 1.82) is 0 Å². The fourth-order valence-electron chi connectivity index (χ4n) is 1.96. The molecule has 0 aromatic heterocycles. The topological polar surface area (TPSA) is 24.5 Å². The minimum absolute atomic E-state index is 0.457. The summed E-state index contributed by atoms with van der Waals surface area (Å²) in [6.45, 7) is 6.71. The molecule has 0 amide bonds. The Balaban J connectivity index is 1.60. The largest absolute Gasteiger partial charge is 0.376 e. The molecular weight excluding hydrogens is 196 g/mol. The van der Waals surface area contributed by atoms with Crippen LogP contribution in [0.4, 0.5) is 0 Å². The van der Waals surface area contributed by atoms with Gasteiger partial charge in [-0.25, -0.2) is 0 Å². The first-order valence-electron chi connectivity index (χ1n) is 5.57. The molecule has 0 bridgehead atoms. The van der Waals surface area contributed by atoms with Gasteiger partial charge in [-0.1, -0.05) is 0 Å². The van der Waals surface area contributed by atoms with E-state index in [1.165, 1.54) is 37.6 Å². The molecule has 2 heterocycles. The van der Waals surface area contributed by atoms with Crippen molar-refractivity contribution in [3.8, 4) is 0 Å². The third-order valence-corrected chi connectivity index (χ3v) is 3.82. The van der Waals surface area contributed by atoms with Gasteiger partial charge < -0.3 is 15.0 Å². The Morgan fingerprint density at radius 3 is 2.93 bits per heavy atom. The van der Waals surface area contributed by atoms with E-state index in [0.29, 0.717) is 6.10 Å². The van der Waals surface area contributed by atoms with Crippen LogP contribution >= 0.6 is 11.8 Å². The van der Waals surface area contributed by atoms with Crippen molar-refractivity contribution in [3.63, 3.8) is 0 Å². The second-order valence-electron chi connectivity index (χ2n) is 3.94. The number of rotatable bonds is 3. The Morgan fingerprint density at radius 2 is 2.21 bits per heavy atom. The molecular formula is C10H20N2OS. The summed E-state index contributed by atoms with van der Waals surface area (Å²) < 4.78 is 5.67. The summed E-state index contributed by atoms with van der Waals surface area (Å²) in [6.07, 6.45) is 1.65. The van der Waals surface area contributed by atoms with Crippen molar-refractivity contribution < 1.29 is 4.74 Å².